The quantitative estimate of drug-likeness (QED) is 0.368. The third-order valence-electron chi connectivity index (χ3n) is 5.26. The van der Waals surface area contributed by atoms with Crippen LogP contribution in [0.3, 0.4) is 0 Å². The Hall–Kier alpha value is -2.74. The van der Waals surface area contributed by atoms with Crippen molar-refractivity contribution in [3.8, 4) is 0 Å². The van der Waals surface area contributed by atoms with Gasteiger partial charge in [-0.2, -0.15) is 0 Å². The summed E-state index contributed by atoms with van der Waals surface area (Å²) >= 11 is 0. The molecule has 2 nitrogen and oxygen atoms in total. The highest BCUT2D eigenvalue weighted by molar-refractivity contribution is 5.81. The predicted molar refractivity (Wildman–Crippen MR) is 107 cm³/mol. The Morgan fingerprint density at radius 3 is 1.38 bits per heavy atom. The Balaban J connectivity index is 1.42. The number of hydrogen-bond acceptors (Lipinski definition) is 0. The van der Waals surface area contributed by atoms with Crippen LogP contribution in [0.4, 0.5) is 0 Å². The van der Waals surface area contributed by atoms with Crippen LogP contribution in [0.25, 0.3) is 21.5 Å². The molecule has 2 heteroatoms. The van der Waals surface area contributed by atoms with Gasteiger partial charge in [-0.05, 0) is 22.9 Å². The number of hydrogen-bond donors (Lipinski definition) is 0. The van der Waals surface area contributed by atoms with E-state index < -0.39 is 0 Å². The van der Waals surface area contributed by atoms with E-state index in [-0.39, 0.29) is 0 Å². The summed E-state index contributed by atoms with van der Waals surface area (Å²) in [6, 6.07) is 21.8. The molecule has 0 bridgehead atoms. The predicted octanol–water partition coefficient (Wildman–Crippen LogP) is 4.67. The monoisotopic (exact) mass is 342 g/mol. The highest BCUT2D eigenvalue weighted by atomic mass is 15.0. The zero-order valence-electron chi connectivity index (χ0n) is 15.7. The normalized spacial score (nSPS) is 11.3. The summed E-state index contributed by atoms with van der Waals surface area (Å²) in [4.78, 5) is 0. The van der Waals surface area contributed by atoms with E-state index >= 15 is 0 Å². The molecule has 0 saturated carbocycles. The third-order valence-corrected chi connectivity index (χ3v) is 5.26. The van der Waals surface area contributed by atoms with Gasteiger partial charge in [-0.25, -0.2) is 9.13 Å². The third kappa shape index (κ3) is 3.45. The molecule has 0 radical (unpaired) electrons. The van der Waals surface area contributed by atoms with Crippen molar-refractivity contribution in [2.75, 3.05) is 0 Å². The van der Waals surface area contributed by atoms with Gasteiger partial charge in [0.1, 0.15) is 13.1 Å². The van der Waals surface area contributed by atoms with E-state index in [1.807, 2.05) is 0 Å². The molecule has 2 heterocycles. The van der Waals surface area contributed by atoms with Gasteiger partial charge in [0.15, 0.2) is 23.8 Å². The molecule has 4 aromatic rings. The molecule has 0 aliphatic carbocycles. The molecule has 0 aliphatic heterocycles. The van der Waals surface area contributed by atoms with Gasteiger partial charge in [0, 0.05) is 49.6 Å². The minimum atomic E-state index is 1.07. The van der Waals surface area contributed by atoms with Crippen LogP contribution in [0.2, 0.25) is 0 Å². The lowest BCUT2D eigenvalue weighted by Crippen LogP contribution is -2.39. The summed E-state index contributed by atoms with van der Waals surface area (Å²) in [6.07, 6.45) is 6.95. The lowest BCUT2D eigenvalue weighted by molar-refractivity contribution is -0.712. The second-order valence-electron chi connectivity index (χ2n) is 7.18. The lowest BCUT2D eigenvalue weighted by Gasteiger charge is -2.04. The van der Waals surface area contributed by atoms with Gasteiger partial charge in [-0.3, -0.25) is 0 Å². The molecule has 2 aromatic carbocycles. The number of pyridine rings is 2. The van der Waals surface area contributed by atoms with Crippen LogP contribution in [-0.2, 0) is 13.1 Å². The highest BCUT2D eigenvalue weighted by Gasteiger charge is 2.11. The number of benzene rings is 2. The van der Waals surface area contributed by atoms with Gasteiger partial charge >= 0.3 is 0 Å². The number of rotatable bonds is 5. The highest BCUT2D eigenvalue weighted by Crippen LogP contribution is 2.13. The largest absolute Gasteiger partial charge is 0.202 e. The van der Waals surface area contributed by atoms with E-state index in [0.717, 1.165) is 13.1 Å². The number of nitrogens with zero attached hydrogens (tertiary/aromatic N) is 2. The van der Waals surface area contributed by atoms with E-state index in [2.05, 4.69) is 96.0 Å². The van der Waals surface area contributed by atoms with Crippen molar-refractivity contribution < 1.29 is 9.13 Å². The van der Waals surface area contributed by atoms with Crippen molar-refractivity contribution in [1.82, 2.24) is 0 Å². The van der Waals surface area contributed by atoms with Crippen LogP contribution in [0, 0.1) is 13.8 Å². The number of unbranched alkanes of at least 4 members (excludes halogenated alkanes) is 1. The van der Waals surface area contributed by atoms with Crippen molar-refractivity contribution in [2.45, 2.75) is 39.8 Å². The molecule has 0 saturated heterocycles. The maximum Gasteiger partial charge on any atom is 0.178 e. The first kappa shape index (κ1) is 16.7. The summed E-state index contributed by atoms with van der Waals surface area (Å²) in [6.45, 7) is 6.55. The molecule has 26 heavy (non-hydrogen) atoms. The zero-order chi connectivity index (χ0) is 17.9. The van der Waals surface area contributed by atoms with Crippen molar-refractivity contribution >= 4 is 21.5 Å². The van der Waals surface area contributed by atoms with Gasteiger partial charge in [-0.1, -0.05) is 36.4 Å². The minimum Gasteiger partial charge on any atom is -0.202 e. The molecular weight excluding hydrogens is 316 g/mol. The van der Waals surface area contributed by atoms with E-state index in [9.17, 15) is 0 Å². The molecule has 2 aromatic heterocycles. The van der Waals surface area contributed by atoms with Crippen LogP contribution in [0.15, 0.2) is 73.1 Å². The van der Waals surface area contributed by atoms with E-state index in [4.69, 9.17) is 0 Å². The van der Waals surface area contributed by atoms with Gasteiger partial charge < -0.3 is 0 Å². The molecule has 0 atom stereocenters. The maximum atomic E-state index is 2.39. The van der Waals surface area contributed by atoms with Crippen LogP contribution in [0.1, 0.15) is 24.2 Å². The maximum absolute atomic E-state index is 2.39. The molecule has 0 N–H and O–H groups in total. The van der Waals surface area contributed by atoms with Crippen molar-refractivity contribution in [3.05, 3.63) is 84.4 Å². The van der Waals surface area contributed by atoms with Crippen LogP contribution in [-0.4, -0.2) is 0 Å². The van der Waals surface area contributed by atoms with Gasteiger partial charge in [-0.15, -0.1) is 0 Å². The molecule has 0 amide bonds. The fraction of sp³-hybridized carbons (Fsp3) is 0.250. The van der Waals surface area contributed by atoms with E-state index in [0.29, 0.717) is 0 Å². The van der Waals surface area contributed by atoms with Crippen molar-refractivity contribution in [2.24, 2.45) is 0 Å². The molecule has 0 aliphatic rings. The number of fused-ring (bicyclic) bond motifs is 2. The molecule has 0 fully saturated rings. The lowest BCUT2D eigenvalue weighted by atomic mass is 10.1. The zero-order valence-corrected chi connectivity index (χ0v) is 15.7. The van der Waals surface area contributed by atoms with Crippen LogP contribution in [0.5, 0.6) is 0 Å². The van der Waals surface area contributed by atoms with E-state index in [1.54, 1.807) is 0 Å². The Kier molecular flexibility index (Phi) is 4.66. The summed E-state index contributed by atoms with van der Waals surface area (Å²) in [5.41, 5.74) is 2.66. The Labute approximate surface area is 155 Å². The Morgan fingerprint density at radius 1 is 0.577 bits per heavy atom. The SMILES string of the molecule is Cc1cc2ccccc2c[n+]1CCCC[n+]1cc2ccccc2cc1C. The average Bonchev–Trinajstić information content (AvgIpc) is 2.65. The van der Waals surface area contributed by atoms with Crippen LogP contribution >= 0.6 is 0 Å². The Morgan fingerprint density at radius 2 is 0.962 bits per heavy atom. The first-order chi connectivity index (χ1) is 12.7. The van der Waals surface area contributed by atoms with Gasteiger partial charge in [0.05, 0.1) is 0 Å². The molecule has 0 unspecified atom stereocenters. The number of aryl methyl sites for hydroxylation is 4. The molecule has 130 valence electrons. The van der Waals surface area contributed by atoms with Gasteiger partial charge in [0.25, 0.3) is 0 Å². The summed E-state index contributed by atoms with van der Waals surface area (Å²) in [7, 11) is 0. The smallest absolute Gasteiger partial charge is 0.178 e. The fourth-order valence-electron chi connectivity index (χ4n) is 3.72. The van der Waals surface area contributed by atoms with Crippen molar-refractivity contribution in [3.63, 3.8) is 0 Å². The van der Waals surface area contributed by atoms with Gasteiger partial charge in [0.2, 0.25) is 0 Å². The topological polar surface area (TPSA) is 7.76 Å². The van der Waals surface area contributed by atoms with Crippen molar-refractivity contribution in [1.29, 1.82) is 0 Å². The van der Waals surface area contributed by atoms with E-state index in [1.165, 1.54) is 45.8 Å². The Bertz CT molecular complexity index is 979. The molecule has 4 rings (SSSR count). The van der Waals surface area contributed by atoms with Crippen LogP contribution < -0.4 is 9.13 Å². The standard InChI is InChI=1S/C24H26N2/c1-19-15-21-9-3-5-11-23(21)17-25(19)13-7-8-14-26-18-24-12-6-4-10-22(24)16-20(26)2/h3-6,9-12,15-18H,7-8,13-14H2,1-2H3/q+2. The summed E-state index contributed by atoms with van der Waals surface area (Å²) in [5.74, 6) is 0. The molecular formula is C24H26N2+2. The second kappa shape index (κ2) is 7.25. The summed E-state index contributed by atoms with van der Waals surface area (Å²) in [5, 5.41) is 5.28. The molecule has 0 spiro atoms. The second-order valence-corrected chi connectivity index (χ2v) is 7.18. The first-order valence-electron chi connectivity index (χ1n) is 9.48. The minimum absolute atomic E-state index is 1.07. The first-order valence-corrected chi connectivity index (χ1v) is 9.48. The summed E-state index contributed by atoms with van der Waals surface area (Å²) < 4.78 is 4.78. The average molecular weight is 342 g/mol. The number of aromatic nitrogens is 2. The fourth-order valence-corrected chi connectivity index (χ4v) is 3.72.